The Labute approximate surface area is 121 Å². The highest BCUT2D eigenvalue weighted by atomic mass is 32.2. The van der Waals surface area contributed by atoms with Gasteiger partial charge in [-0.05, 0) is 50.2 Å². The molecule has 1 aromatic rings. The van der Waals surface area contributed by atoms with Gasteiger partial charge in [-0.25, -0.2) is 0 Å². The van der Waals surface area contributed by atoms with Gasteiger partial charge in [0.25, 0.3) is 0 Å². The Hall–Kier alpha value is -0.760. The van der Waals surface area contributed by atoms with Crippen LogP contribution in [0.4, 0.5) is 0 Å². The quantitative estimate of drug-likeness (QED) is 0.740. The summed E-state index contributed by atoms with van der Waals surface area (Å²) in [4.78, 5) is 13.5. The lowest BCUT2D eigenvalue weighted by Gasteiger charge is -2.30. The molecule has 0 aromatic heterocycles. The van der Waals surface area contributed by atoms with E-state index in [0.29, 0.717) is 29.3 Å². The van der Waals surface area contributed by atoms with Crippen LogP contribution in [-0.4, -0.2) is 11.5 Å². The Balaban J connectivity index is 1.85. The van der Waals surface area contributed by atoms with Gasteiger partial charge in [-0.15, -0.1) is 11.8 Å². The number of aryl methyl sites for hydroxylation is 1. The first-order valence-corrected chi connectivity index (χ1v) is 8.25. The molecule has 19 heavy (non-hydrogen) atoms. The first kappa shape index (κ1) is 14.6. The van der Waals surface area contributed by atoms with Gasteiger partial charge in [0, 0.05) is 10.8 Å². The van der Waals surface area contributed by atoms with E-state index in [1.54, 1.807) is 11.8 Å². The molecule has 1 fully saturated rings. The summed E-state index contributed by atoms with van der Waals surface area (Å²) in [7, 11) is 0. The maximum Gasteiger partial charge on any atom is 0.146 e. The van der Waals surface area contributed by atoms with Crippen molar-refractivity contribution in [1.82, 2.24) is 0 Å². The summed E-state index contributed by atoms with van der Waals surface area (Å²) in [6.45, 7) is 6.65. The molecule has 1 aromatic carbocycles. The summed E-state index contributed by atoms with van der Waals surface area (Å²) < 4.78 is 0. The Morgan fingerprint density at radius 2 is 1.68 bits per heavy atom. The summed E-state index contributed by atoms with van der Waals surface area (Å²) in [6.07, 6.45) is 3.48. The van der Waals surface area contributed by atoms with E-state index in [4.69, 9.17) is 0 Å². The van der Waals surface area contributed by atoms with Crippen molar-refractivity contribution in [2.45, 2.75) is 44.9 Å². The number of benzene rings is 1. The standard InChI is InChI=1S/C17H24OS/c1-12-4-6-16(7-5-12)19-11-17(18)15-9-13(2)8-14(3)10-15/h4-7,13-15H,8-11H2,1-3H3. The van der Waals surface area contributed by atoms with Gasteiger partial charge in [0.2, 0.25) is 0 Å². The molecule has 0 heterocycles. The molecule has 1 aliphatic rings. The van der Waals surface area contributed by atoms with E-state index in [1.165, 1.54) is 16.9 Å². The van der Waals surface area contributed by atoms with Crippen molar-refractivity contribution >= 4 is 17.5 Å². The van der Waals surface area contributed by atoms with Crippen molar-refractivity contribution < 1.29 is 4.79 Å². The van der Waals surface area contributed by atoms with E-state index in [2.05, 4.69) is 45.0 Å². The summed E-state index contributed by atoms with van der Waals surface area (Å²) in [5.74, 6) is 2.80. The zero-order chi connectivity index (χ0) is 13.8. The predicted molar refractivity (Wildman–Crippen MR) is 82.6 cm³/mol. The van der Waals surface area contributed by atoms with E-state index in [1.807, 2.05) is 0 Å². The Bertz CT molecular complexity index is 413. The molecule has 0 bridgehead atoms. The molecular formula is C17H24OS. The Morgan fingerprint density at radius 1 is 1.11 bits per heavy atom. The van der Waals surface area contributed by atoms with E-state index in [9.17, 15) is 4.79 Å². The van der Waals surface area contributed by atoms with Gasteiger partial charge in [0.1, 0.15) is 5.78 Å². The van der Waals surface area contributed by atoms with Gasteiger partial charge in [-0.1, -0.05) is 31.5 Å². The predicted octanol–water partition coefficient (Wildman–Crippen LogP) is 4.73. The average molecular weight is 276 g/mol. The molecule has 2 atom stereocenters. The van der Waals surface area contributed by atoms with E-state index < -0.39 is 0 Å². The number of thioether (sulfide) groups is 1. The van der Waals surface area contributed by atoms with Crippen LogP contribution in [0, 0.1) is 24.7 Å². The van der Waals surface area contributed by atoms with E-state index >= 15 is 0 Å². The highest BCUT2D eigenvalue weighted by Crippen LogP contribution is 2.34. The minimum absolute atomic E-state index is 0.302. The zero-order valence-corrected chi connectivity index (χ0v) is 13.0. The molecule has 1 nitrogen and oxygen atoms in total. The fourth-order valence-electron chi connectivity index (χ4n) is 3.12. The monoisotopic (exact) mass is 276 g/mol. The SMILES string of the molecule is Cc1ccc(SCC(=O)C2CC(C)CC(C)C2)cc1. The number of Topliss-reactive ketones (excluding diaryl/α,β-unsaturated/α-hetero) is 1. The average Bonchev–Trinajstić information content (AvgIpc) is 2.36. The van der Waals surface area contributed by atoms with Crippen LogP contribution >= 0.6 is 11.8 Å². The number of hydrogen-bond acceptors (Lipinski definition) is 2. The lowest BCUT2D eigenvalue weighted by atomic mass is 9.75. The van der Waals surface area contributed by atoms with Crippen molar-refractivity contribution in [1.29, 1.82) is 0 Å². The third-order valence-corrected chi connectivity index (χ3v) is 5.07. The molecule has 0 aliphatic heterocycles. The smallest absolute Gasteiger partial charge is 0.146 e. The Morgan fingerprint density at radius 3 is 2.26 bits per heavy atom. The number of carbonyl (C=O) groups is 1. The largest absolute Gasteiger partial charge is 0.298 e. The molecule has 0 spiro atoms. The van der Waals surface area contributed by atoms with Crippen molar-refractivity contribution in [2.75, 3.05) is 5.75 Å². The second kappa shape index (κ2) is 6.60. The molecule has 2 heteroatoms. The molecule has 1 saturated carbocycles. The number of hydrogen-bond donors (Lipinski definition) is 0. The van der Waals surface area contributed by atoms with Crippen LogP contribution in [0.2, 0.25) is 0 Å². The third-order valence-electron chi connectivity index (χ3n) is 4.04. The van der Waals surface area contributed by atoms with Crippen molar-refractivity contribution in [3.8, 4) is 0 Å². The fraction of sp³-hybridized carbons (Fsp3) is 0.588. The topological polar surface area (TPSA) is 17.1 Å². The van der Waals surface area contributed by atoms with Crippen LogP contribution < -0.4 is 0 Å². The van der Waals surface area contributed by atoms with Crippen LogP contribution in [0.5, 0.6) is 0 Å². The highest BCUT2D eigenvalue weighted by molar-refractivity contribution is 8.00. The van der Waals surface area contributed by atoms with Gasteiger partial charge in [0.05, 0.1) is 5.75 Å². The molecule has 2 unspecified atom stereocenters. The second-order valence-electron chi connectivity index (χ2n) is 6.18. The van der Waals surface area contributed by atoms with Crippen LogP contribution in [0.3, 0.4) is 0 Å². The number of ketones is 1. The fourth-order valence-corrected chi connectivity index (χ4v) is 3.99. The van der Waals surface area contributed by atoms with Crippen molar-refractivity contribution in [3.05, 3.63) is 29.8 Å². The molecule has 0 saturated heterocycles. The molecule has 1 aliphatic carbocycles. The minimum Gasteiger partial charge on any atom is -0.298 e. The second-order valence-corrected chi connectivity index (χ2v) is 7.23. The summed E-state index contributed by atoms with van der Waals surface area (Å²) in [5, 5.41) is 0. The first-order chi connectivity index (χ1) is 9.04. The number of rotatable bonds is 4. The van der Waals surface area contributed by atoms with Gasteiger partial charge in [-0.3, -0.25) is 4.79 Å². The van der Waals surface area contributed by atoms with Crippen LogP contribution in [0.1, 0.15) is 38.7 Å². The van der Waals surface area contributed by atoms with Crippen LogP contribution in [0.25, 0.3) is 0 Å². The maximum absolute atomic E-state index is 12.3. The highest BCUT2D eigenvalue weighted by Gasteiger charge is 2.28. The third kappa shape index (κ3) is 4.38. The van der Waals surface area contributed by atoms with Crippen LogP contribution in [0.15, 0.2) is 29.2 Å². The maximum atomic E-state index is 12.3. The van der Waals surface area contributed by atoms with Crippen LogP contribution in [-0.2, 0) is 4.79 Å². The summed E-state index contributed by atoms with van der Waals surface area (Å²) in [5.41, 5.74) is 1.27. The normalized spacial score (nSPS) is 27.2. The van der Waals surface area contributed by atoms with E-state index in [0.717, 1.165) is 12.8 Å². The van der Waals surface area contributed by atoms with Gasteiger partial charge >= 0.3 is 0 Å². The molecule has 2 rings (SSSR count). The molecule has 104 valence electrons. The zero-order valence-electron chi connectivity index (χ0n) is 12.2. The van der Waals surface area contributed by atoms with Gasteiger partial charge in [-0.2, -0.15) is 0 Å². The van der Waals surface area contributed by atoms with Gasteiger partial charge < -0.3 is 0 Å². The van der Waals surface area contributed by atoms with Crippen molar-refractivity contribution in [2.24, 2.45) is 17.8 Å². The molecule has 0 N–H and O–H groups in total. The lowest BCUT2D eigenvalue weighted by molar-refractivity contribution is -0.122. The lowest BCUT2D eigenvalue weighted by Crippen LogP contribution is -2.27. The molecule has 0 amide bonds. The molecule has 0 radical (unpaired) electrons. The molecular weight excluding hydrogens is 252 g/mol. The van der Waals surface area contributed by atoms with Gasteiger partial charge in [0.15, 0.2) is 0 Å². The first-order valence-electron chi connectivity index (χ1n) is 7.26. The van der Waals surface area contributed by atoms with E-state index in [-0.39, 0.29) is 0 Å². The summed E-state index contributed by atoms with van der Waals surface area (Å²) in [6, 6.07) is 8.44. The minimum atomic E-state index is 0.302. The summed E-state index contributed by atoms with van der Waals surface area (Å²) >= 11 is 1.68. The number of carbonyl (C=O) groups excluding carboxylic acids is 1. The van der Waals surface area contributed by atoms with Crippen molar-refractivity contribution in [3.63, 3.8) is 0 Å². The Kier molecular flexibility index (Phi) is 5.09.